The fourth-order valence-electron chi connectivity index (χ4n) is 3.81. The van der Waals surface area contributed by atoms with Crippen molar-refractivity contribution in [1.29, 1.82) is 0 Å². The van der Waals surface area contributed by atoms with Gasteiger partial charge in [0.25, 0.3) is 0 Å². The first-order valence-electron chi connectivity index (χ1n) is 10.2. The highest BCUT2D eigenvalue weighted by Gasteiger charge is 2.18. The van der Waals surface area contributed by atoms with Crippen LogP contribution in [0.25, 0.3) is 0 Å². The van der Waals surface area contributed by atoms with Gasteiger partial charge in [-0.3, -0.25) is 0 Å². The Morgan fingerprint density at radius 1 is 0.379 bits per heavy atom. The third kappa shape index (κ3) is 5.19. The van der Waals surface area contributed by atoms with Crippen molar-refractivity contribution in [3.05, 3.63) is 144 Å². The first-order chi connectivity index (χ1) is 14.4. The van der Waals surface area contributed by atoms with E-state index in [-0.39, 0.29) is 0 Å². The van der Waals surface area contributed by atoms with Crippen LogP contribution in [-0.2, 0) is 0 Å². The van der Waals surface area contributed by atoms with Gasteiger partial charge in [-0.2, -0.15) is 11.8 Å². The summed E-state index contributed by atoms with van der Waals surface area (Å²) in [6.45, 7) is 0. The average Bonchev–Trinajstić information content (AvgIpc) is 2.81. The van der Waals surface area contributed by atoms with Crippen molar-refractivity contribution in [1.82, 2.24) is 0 Å². The van der Waals surface area contributed by atoms with Crippen molar-refractivity contribution in [3.63, 3.8) is 0 Å². The van der Waals surface area contributed by atoms with Crippen molar-refractivity contribution in [2.24, 2.45) is 0 Å². The summed E-state index contributed by atoms with van der Waals surface area (Å²) in [6.07, 6.45) is 0. The zero-order valence-electron chi connectivity index (χ0n) is 16.5. The minimum absolute atomic E-state index is 0.412. The molecule has 144 valence electrons. The third-order valence-corrected chi connectivity index (χ3v) is 6.51. The van der Waals surface area contributed by atoms with Gasteiger partial charge >= 0.3 is 0 Å². The predicted octanol–water partition coefficient (Wildman–Crippen LogP) is 7.38. The molecule has 0 aromatic heterocycles. The maximum atomic E-state index is 2.25. The van der Waals surface area contributed by atoms with E-state index in [4.69, 9.17) is 0 Å². The molecule has 0 unspecified atom stereocenters. The van der Waals surface area contributed by atoms with Crippen LogP contribution in [0.2, 0.25) is 0 Å². The molecule has 0 saturated heterocycles. The van der Waals surface area contributed by atoms with Crippen molar-refractivity contribution >= 4 is 11.8 Å². The fourth-order valence-corrected chi connectivity index (χ4v) is 5.19. The molecule has 0 aliphatic carbocycles. The molecule has 1 heteroatoms. The van der Waals surface area contributed by atoms with Crippen LogP contribution in [0.3, 0.4) is 0 Å². The monoisotopic (exact) mass is 394 g/mol. The summed E-state index contributed by atoms with van der Waals surface area (Å²) < 4.78 is 0. The van der Waals surface area contributed by atoms with E-state index in [1.54, 1.807) is 0 Å². The zero-order valence-corrected chi connectivity index (χ0v) is 17.3. The van der Waals surface area contributed by atoms with Crippen LogP contribution in [0.4, 0.5) is 0 Å². The Kier molecular flexibility index (Phi) is 6.83. The molecule has 29 heavy (non-hydrogen) atoms. The second-order valence-electron chi connectivity index (χ2n) is 7.29. The predicted molar refractivity (Wildman–Crippen MR) is 127 cm³/mol. The summed E-state index contributed by atoms with van der Waals surface area (Å²) in [7, 11) is 0. The Hall–Kier alpha value is -2.77. The van der Waals surface area contributed by atoms with Crippen molar-refractivity contribution < 1.29 is 0 Å². The highest BCUT2D eigenvalue weighted by atomic mass is 32.2. The van der Waals surface area contributed by atoms with E-state index in [1.165, 1.54) is 22.3 Å². The van der Waals surface area contributed by atoms with E-state index in [0.29, 0.717) is 11.8 Å². The summed E-state index contributed by atoms with van der Waals surface area (Å²) >= 11 is 2.05. The van der Waals surface area contributed by atoms with Gasteiger partial charge in [0.1, 0.15) is 0 Å². The second kappa shape index (κ2) is 10.1. The van der Waals surface area contributed by atoms with Crippen LogP contribution < -0.4 is 0 Å². The highest BCUT2D eigenvalue weighted by Crippen LogP contribution is 2.33. The van der Waals surface area contributed by atoms with E-state index in [0.717, 1.165) is 11.5 Å². The first-order valence-corrected chi connectivity index (χ1v) is 11.3. The number of thioether (sulfide) groups is 1. The maximum Gasteiger partial charge on any atom is 0.0180 e. The molecule has 0 N–H and O–H groups in total. The lowest BCUT2D eigenvalue weighted by atomic mass is 9.93. The summed E-state index contributed by atoms with van der Waals surface area (Å²) in [5.74, 6) is 2.97. The molecule has 0 aliphatic heterocycles. The Bertz CT molecular complexity index is 804. The van der Waals surface area contributed by atoms with E-state index in [9.17, 15) is 0 Å². The topological polar surface area (TPSA) is 0 Å². The second-order valence-corrected chi connectivity index (χ2v) is 8.36. The number of benzene rings is 4. The molecule has 0 spiro atoms. The molecule has 0 fully saturated rings. The molecule has 0 saturated carbocycles. The van der Waals surface area contributed by atoms with Gasteiger partial charge in [-0.05, 0) is 22.3 Å². The molecule has 0 aliphatic rings. The maximum absolute atomic E-state index is 2.25. The Labute approximate surface area is 178 Å². The molecule has 0 atom stereocenters. The van der Waals surface area contributed by atoms with Gasteiger partial charge < -0.3 is 0 Å². The largest absolute Gasteiger partial charge is 0.160 e. The quantitative estimate of drug-likeness (QED) is 0.300. The van der Waals surface area contributed by atoms with E-state index in [1.807, 2.05) is 11.8 Å². The van der Waals surface area contributed by atoms with Crippen LogP contribution in [0.5, 0.6) is 0 Å². The van der Waals surface area contributed by atoms with Gasteiger partial charge in [0.15, 0.2) is 0 Å². The van der Waals surface area contributed by atoms with Gasteiger partial charge in [-0.15, -0.1) is 0 Å². The Balaban J connectivity index is 1.53. The first kappa shape index (κ1) is 19.5. The lowest BCUT2D eigenvalue weighted by molar-refractivity contribution is 0.913. The molecule has 4 rings (SSSR count). The van der Waals surface area contributed by atoms with Crippen LogP contribution >= 0.6 is 11.8 Å². The van der Waals surface area contributed by atoms with Crippen LogP contribution in [0, 0.1) is 0 Å². The average molecular weight is 395 g/mol. The van der Waals surface area contributed by atoms with Gasteiger partial charge in [0, 0.05) is 23.3 Å². The standard InChI is InChI=1S/C28H26S/c1-5-13-23(14-6-1)27(24-15-7-2-8-16-24)21-29-22-28(25-17-9-3-10-18-25)26-19-11-4-12-20-26/h1-20,27-28H,21-22H2. The van der Waals surface area contributed by atoms with Crippen molar-refractivity contribution in [3.8, 4) is 0 Å². The molecule has 4 aromatic rings. The molecular formula is C28H26S. The van der Waals surface area contributed by atoms with E-state index >= 15 is 0 Å². The summed E-state index contributed by atoms with van der Waals surface area (Å²) in [5, 5.41) is 0. The Morgan fingerprint density at radius 3 is 0.862 bits per heavy atom. The highest BCUT2D eigenvalue weighted by molar-refractivity contribution is 7.99. The Morgan fingerprint density at radius 2 is 0.621 bits per heavy atom. The van der Waals surface area contributed by atoms with Crippen LogP contribution in [0.15, 0.2) is 121 Å². The van der Waals surface area contributed by atoms with Gasteiger partial charge in [0.2, 0.25) is 0 Å². The van der Waals surface area contributed by atoms with Gasteiger partial charge in [-0.25, -0.2) is 0 Å². The molecule has 0 bridgehead atoms. The molecular weight excluding hydrogens is 368 g/mol. The lowest BCUT2D eigenvalue weighted by Gasteiger charge is -2.21. The number of rotatable bonds is 8. The normalized spacial score (nSPS) is 11.1. The smallest absolute Gasteiger partial charge is 0.0180 e. The SMILES string of the molecule is c1ccc(C(CSCC(c2ccccc2)c2ccccc2)c2ccccc2)cc1. The van der Waals surface area contributed by atoms with Crippen LogP contribution in [0.1, 0.15) is 34.1 Å². The summed E-state index contributed by atoms with van der Waals surface area (Å²) in [6, 6.07) is 43.6. The number of hydrogen-bond donors (Lipinski definition) is 0. The van der Waals surface area contributed by atoms with Crippen LogP contribution in [-0.4, -0.2) is 11.5 Å². The van der Waals surface area contributed by atoms with Crippen molar-refractivity contribution in [2.45, 2.75) is 11.8 Å². The fraction of sp³-hybridized carbons (Fsp3) is 0.143. The number of hydrogen-bond acceptors (Lipinski definition) is 1. The molecule has 0 amide bonds. The molecule has 0 nitrogen and oxygen atoms in total. The molecule has 0 radical (unpaired) electrons. The van der Waals surface area contributed by atoms with Gasteiger partial charge in [0.05, 0.1) is 0 Å². The molecule has 0 heterocycles. The third-order valence-electron chi connectivity index (χ3n) is 5.38. The van der Waals surface area contributed by atoms with Gasteiger partial charge in [-0.1, -0.05) is 121 Å². The lowest BCUT2D eigenvalue weighted by Crippen LogP contribution is -2.08. The zero-order chi connectivity index (χ0) is 19.7. The summed E-state index contributed by atoms with van der Waals surface area (Å²) in [4.78, 5) is 0. The molecule has 4 aromatic carbocycles. The minimum atomic E-state index is 0.412. The van der Waals surface area contributed by atoms with E-state index < -0.39 is 0 Å². The van der Waals surface area contributed by atoms with E-state index in [2.05, 4.69) is 121 Å². The van der Waals surface area contributed by atoms with Crippen molar-refractivity contribution in [2.75, 3.05) is 11.5 Å². The minimum Gasteiger partial charge on any atom is -0.160 e. The summed E-state index contributed by atoms with van der Waals surface area (Å²) in [5.41, 5.74) is 5.56.